The van der Waals surface area contributed by atoms with E-state index in [-0.39, 0.29) is 34.8 Å². The minimum absolute atomic E-state index is 0.162. The van der Waals surface area contributed by atoms with Gasteiger partial charge in [-0.1, -0.05) is 65.9 Å². The van der Waals surface area contributed by atoms with E-state index in [0.717, 1.165) is 39.8 Å². The maximum atomic E-state index is 13.9. The number of alkyl halides is 3. The number of benzene rings is 3. The molecule has 0 unspecified atom stereocenters. The van der Waals surface area contributed by atoms with Gasteiger partial charge in [-0.25, -0.2) is 9.79 Å². The molecule has 2 aromatic heterocycles. The van der Waals surface area contributed by atoms with Crippen molar-refractivity contribution in [2.24, 2.45) is 4.99 Å². The van der Waals surface area contributed by atoms with Gasteiger partial charge < -0.3 is 9.15 Å². The lowest BCUT2D eigenvalue weighted by Crippen LogP contribution is -2.40. The Balaban J connectivity index is 1.49. The van der Waals surface area contributed by atoms with Crippen molar-refractivity contribution >= 4 is 34.2 Å². The molecular formula is C32H23F3N2O4S. The van der Waals surface area contributed by atoms with E-state index in [1.165, 1.54) is 22.8 Å². The number of thiazole rings is 1. The first-order valence-electron chi connectivity index (χ1n) is 13.1. The molecule has 0 N–H and O–H groups in total. The van der Waals surface area contributed by atoms with E-state index in [1.807, 2.05) is 42.5 Å². The predicted molar refractivity (Wildman–Crippen MR) is 153 cm³/mol. The molecule has 42 heavy (non-hydrogen) atoms. The summed E-state index contributed by atoms with van der Waals surface area (Å²) in [6.45, 7) is 3.59. The van der Waals surface area contributed by atoms with E-state index in [4.69, 9.17) is 9.15 Å². The van der Waals surface area contributed by atoms with E-state index in [2.05, 4.69) is 4.99 Å². The Hall–Kier alpha value is -4.70. The number of furan rings is 1. The van der Waals surface area contributed by atoms with Crippen molar-refractivity contribution in [1.29, 1.82) is 0 Å². The maximum Gasteiger partial charge on any atom is 0.416 e. The van der Waals surface area contributed by atoms with Crippen molar-refractivity contribution in [3.05, 3.63) is 127 Å². The molecule has 0 bridgehead atoms. The van der Waals surface area contributed by atoms with Gasteiger partial charge in [-0.05, 0) is 54.4 Å². The van der Waals surface area contributed by atoms with E-state index in [0.29, 0.717) is 15.0 Å². The van der Waals surface area contributed by atoms with Crippen LogP contribution in [0.3, 0.4) is 0 Å². The summed E-state index contributed by atoms with van der Waals surface area (Å²) >= 11 is 1.14. The minimum atomic E-state index is -4.49. The molecule has 0 saturated carbocycles. The van der Waals surface area contributed by atoms with Gasteiger partial charge in [-0.15, -0.1) is 0 Å². The monoisotopic (exact) mass is 588 g/mol. The fourth-order valence-electron chi connectivity index (χ4n) is 5.14. The van der Waals surface area contributed by atoms with E-state index < -0.39 is 23.8 Å². The lowest BCUT2D eigenvalue weighted by atomic mass is 9.91. The van der Waals surface area contributed by atoms with Crippen LogP contribution in [-0.2, 0) is 15.7 Å². The van der Waals surface area contributed by atoms with Gasteiger partial charge in [-0.2, -0.15) is 13.2 Å². The molecule has 0 aliphatic carbocycles. The second-order valence-corrected chi connectivity index (χ2v) is 10.7. The normalized spacial score (nSPS) is 15.5. The molecule has 0 radical (unpaired) electrons. The molecule has 10 heteroatoms. The number of hydrogen-bond donors (Lipinski definition) is 0. The zero-order valence-corrected chi connectivity index (χ0v) is 23.3. The molecule has 5 aromatic rings. The predicted octanol–water partition coefficient (Wildman–Crippen LogP) is 6.23. The average molecular weight is 589 g/mol. The number of halogens is 3. The number of rotatable bonds is 5. The van der Waals surface area contributed by atoms with Crippen molar-refractivity contribution in [2.75, 3.05) is 6.61 Å². The molecule has 0 spiro atoms. The molecule has 6 nitrogen and oxygen atoms in total. The number of ether oxygens (including phenoxy) is 1. The quantitative estimate of drug-likeness (QED) is 0.228. The Morgan fingerprint density at radius 3 is 2.62 bits per heavy atom. The van der Waals surface area contributed by atoms with Crippen LogP contribution in [0.25, 0.3) is 28.2 Å². The number of aromatic nitrogens is 1. The van der Waals surface area contributed by atoms with E-state index >= 15 is 0 Å². The van der Waals surface area contributed by atoms with Crippen LogP contribution in [0.5, 0.6) is 0 Å². The van der Waals surface area contributed by atoms with Crippen molar-refractivity contribution in [1.82, 2.24) is 4.57 Å². The number of nitrogens with zero attached hydrogens (tertiary/aromatic N) is 2. The van der Waals surface area contributed by atoms with E-state index in [9.17, 15) is 22.8 Å². The van der Waals surface area contributed by atoms with Crippen LogP contribution >= 0.6 is 11.3 Å². The summed E-state index contributed by atoms with van der Waals surface area (Å²) < 4.78 is 52.6. The number of carbonyl (C=O) groups is 1. The molecular weight excluding hydrogens is 565 g/mol. The van der Waals surface area contributed by atoms with Crippen LogP contribution in [0, 0.1) is 0 Å². The Labute approximate surface area is 241 Å². The first-order chi connectivity index (χ1) is 20.2. The van der Waals surface area contributed by atoms with Crippen LogP contribution in [0.2, 0.25) is 0 Å². The fraction of sp³-hybridized carbons (Fsp3) is 0.156. The average Bonchev–Trinajstić information content (AvgIpc) is 3.56. The number of carbonyl (C=O) groups excluding carboxylic acids is 1. The highest BCUT2D eigenvalue weighted by atomic mass is 32.1. The molecule has 0 fully saturated rings. The molecule has 1 aliphatic rings. The summed E-state index contributed by atoms with van der Waals surface area (Å²) in [6.07, 6.45) is -2.95. The molecule has 0 amide bonds. The highest BCUT2D eigenvalue weighted by Gasteiger charge is 2.34. The molecule has 0 saturated heterocycles. The van der Waals surface area contributed by atoms with Gasteiger partial charge >= 0.3 is 12.1 Å². The topological polar surface area (TPSA) is 73.8 Å². The summed E-state index contributed by atoms with van der Waals surface area (Å²) in [5.74, 6) is -0.0346. The smallest absolute Gasteiger partial charge is 0.416 e. The second-order valence-electron chi connectivity index (χ2n) is 9.65. The van der Waals surface area contributed by atoms with Gasteiger partial charge in [0.05, 0.1) is 34.0 Å². The number of fused-ring (bicyclic) bond motifs is 2. The van der Waals surface area contributed by atoms with Gasteiger partial charge in [0, 0.05) is 11.6 Å². The zero-order chi connectivity index (χ0) is 29.6. The maximum absolute atomic E-state index is 13.9. The second kappa shape index (κ2) is 10.6. The Morgan fingerprint density at radius 1 is 1.07 bits per heavy atom. The molecule has 3 aromatic carbocycles. The SMILES string of the molecule is CCOC(=O)C1=C(C)N=c2s/c(=C/c3ccc(-c4cccc(C(F)(F)F)c4)o3)c(=O)n2[C@H]1c1cccc2ccccc12. The Kier molecular flexibility index (Phi) is 6.94. The standard InChI is InChI=1S/C32H23F3N2O4S/c1-3-40-30(39)27-18(2)36-31-37(28(27)24-13-7-9-19-8-4-5-12-23(19)24)29(38)26(42-31)17-22-14-15-25(41-22)20-10-6-11-21(16-20)32(33,34)35/h4-17,28H,3H2,1-2H3/b26-17+/t28-/m0/s1. The summed E-state index contributed by atoms with van der Waals surface area (Å²) in [5, 5.41) is 1.83. The van der Waals surface area contributed by atoms with Crippen LogP contribution in [0.4, 0.5) is 13.2 Å². The van der Waals surface area contributed by atoms with Crippen LogP contribution in [-0.4, -0.2) is 17.1 Å². The minimum Gasteiger partial charge on any atom is -0.463 e. The van der Waals surface area contributed by atoms with Crippen molar-refractivity contribution in [2.45, 2.75) is 26.1 Å². The Morgan fingerprint density at radius 2 is 1.83 bits per heavy atom. The highest BCUT2D eigenvalue weighted by Crippen LogP contribution is 2.35. The van der Waals surface area contributed by atoms with Gasteiger partial charge in [0.15, 0.2) is 4.80 Å². The van der Waals surface area contributed by atoms with Crippen LogP contribution < -0.4 is 14.9 Å². The molecule has 6 rings (SSSR count). The first kappa shape index (κ1) is 27.5. The first-order valence-corrected chi connectivity index (χ1v) is 13.9. The van der Waals surface area contributed by atoms with E-state index in [1.54, 1.807) is 26.0 Å². The third-order valence-electron chi connectivity index (χ3n) is 7.01. The summed E-state index contributed by atoms with van der Waals surface area (Å²) in [6, 6.07) is 20.6. The number of allylic oxidation sites excluding steroid dienone is 1. The van der Waals surface area contributed by atoms with Crippen molar-refractivity contribution in [3.63, 3.8) is 0 Å². The highest BCUT2D eigenvalue weighted by molar-refractivity contribution is 7.07. The third-order valence-corrected chi connectivity index (χ3v) is 7.99. The van der Waals surface area contributed by atoms with Crippen molar-refractivity contribution < 1.29 is 27.1 Å². The number of esters is 1. The van der Waals surface area contributed by atoms with Gasteiger partial charge in [-0.3, -0.25) is 9.36 Å². The summed E-state index contributed by atoms with van der Waals surface area (Å²) in [7, 11) is 0. The lowest BCUT2D eigenvalue weighted by Gasteiger charge is -2.25. The largest absolute Gasteiger partial charge is 0.463 e. The lowest BCUT2D eigenvalue weighted by molar-refractivity contribution is -0.139. The van der Waals surface area contributed by atoms with Gasteiger partial charge in [0.25, 0.3) is 5.56 Å². The summed E-state index contributed by atoms with van der Waals surface area (Å²) in [5.41, 5.74) is 0.566. The molecule has 212 valence electrons. The zero-order valence-electron chi connectivity index (χ0n) is 22.4. The van der Waals surface area contributed by atoms with Gasteiger partial charge in [0.2, 0.25) is 0 Å². The fourth-order valence-corrected chi connectivity index (χ4v) is 6.16. The van der Waals surface area contributed by atoms with Crippen molar-refractivity contribution in [3.8, 4) is 11.3 Å². The van der Waals surface area contributed by atoms with Crippen LogP contribution in [0.15, 0.2) is 104 Å². The van der Waals surface area contributed by atoms with Gasteiger partial charge in [0.1, 0.15) is 11.5 Å². The number of hydrogen-bond acceptors (Lipinski definition) is 6. The Bertz CT molecular complexity index is 2060. The molecule has 3 heterocycles. The molecule has 1 atom stereocenters. The third kappa shape index (κ3) is 4.87. The van der Waals surface area contributed by atoms with Crippen LogP contribution in [0.1, 0.15) is 36.8 Å². The molecule has 1 aliphatic heterocycles. The summed E-state index contributed by atoms with van der Waals surface area (Å²) in [4.78, 5) is 32.2.